The van der Waals surface area contributed by atoms with Gasteiger partial charge in [0.25, 0.3) is 0 Å². The van der Waals surface area contributed by atoms with Crippen LogP contribution < -0.4 is 0 Å². The summed E-state index contributed by atoms with van der Waals surface area (Å²) in [6, 6.07) is 18.5. The molecule has 0 aliphatic heterocycles. The van der Waals surface area contributed by atoms with Gasteiger partial charge in [-0.1, -0.05) is 81.1 Å². The van der Waals surface area contributed by atoms with Gasteiger partial charge in [0, 0.05) is 6.42 Å². The first kappa shape index (κ1) is 23.2. The monoisotopic (exact) mass is 426 g/mol. The van der Waals surface area contributed by atoms with Crippen molar-refractivity contribution in [2.75, 3.05) is 0 Å². The first-order valence-electron chi connectivity index (χ1n) is 13.4. The van der Waals surface area contributed by atoms with Gasteiger partial charge in [0.2, 0.25) is 0 Å². The van der Waals surface area contributed by atoms with Crippen molar-refractivity contribution in [2.45, 2.75) is 96.8 Å². The second-order valence-electron chi connectivity index (χ2n) is 10.4. The average Bonchev–Trinajstić information content (AvgIpc) is 2.86. The molecular weight excluding hydrogens is 384 g/mol. The van der Waals surface area contributed by atoms with Gasteiger partial charge in [0.15, 0.2) is 0 Å². The molecule has 0 spiro atoms. The molecule has 170 valence electrons. The Labute approximate surface area is 197 Å². The van der Waals surface area contributed by atoms with E-state index >= 15 is 0 Å². The van der Waals surface area contributed by atoms with Crippen molar-refractivity contribution < 1.29 is 0 Å². The van der Waals surface area contributed by atoms with Gasteiger partial charge in [-0.25, -0.2) is 0 Å². The van der Waals surface area contributed by atoms with E-state index < -0.39 is 0 Å². The second-order valence-corrected chi connectivity index (χ2v) is 10.4. The third-order valence-corrected chi connectivity index (χ3v) is 8.41. The van der Waals surface area contributed by atoms with Crippen LogP contribution >= 0.6 is 0 Å². The molecule has 0 bridgehead atoms. The molecule has 0 radical (unpaired) electrons. The quantitative estimate of drug-likeness (QED) is 0.387. The van der Waals surface area contributed by atoms with E-state index in [0.29, 0.717) is 0 Å². The first-order chi connectivity index (χ1) is 15.8. The molecular formula is C32H42. The Morgan fingerprint density at radius 2 is 1.28 bits per heavy atom. The maximum atomic E-state index is 3.16. The lowest BCUT2D eigenvalue weighted by molar-refractivity contribution is 0.156. The Balaban J connectivity index is 1.27. The minimum Gasteiger partial charge on any atom is -0.107 e. The Kier molecular flexibility index (Phi) is 8.50. The zero-order chi connectivity index (χ0) is 22.2. The molecule has 0 unspecified atom stereocenters. The Bertz CT molecular complexity index is 860. The van der Waals surface area contributed by atoms with E-state index in [4.69, 9.17) is 0 Å². The number of rotatable bonds is 7. The number of hydrogen-bond donors (Lipinski definition) is 0. The summed E-state index contributed by atoms with van der Waals surface area (Å²) in [7, 11) is 0. The van der Waals surface area contributed by atoms with E-state index in [-0.39, 0.29) is 0 Å². The molecule has 2 fully saturated rings. The van der Waals surface area contributed by atoms with E-state index in [1.165, 1.54) is 80.9 Å². The van der Waals surface area contributed by atoms with Crippen LogP contribution in [0, 0.1) is 29.6 Å². The van der Waals surface area contributed by atoms with Crippen molar-refractivity contribution in [2.24, 2.45) is 17.8 Å². The molecule has 0 N–H and O–H groups in total. The van der Waals surface area contributed by atoms with Gasteiger partial charge < -0.3 is 0 Å². The fraction of sp³-hybridized carbons (Fsp3) is 0.562. The molecule has 0 atom stereocenters. The fourth-order valence-corrected chi connectivity index (χ4v) is 6.42. The molecule has 2 aromatic carbocycles. The zero-order valence-electron chi connectivity index (χ0n) is 20.4. The standard InChI is InChI=1S/C32H42/c1-3-5-6-8-26-11-15-28(16-12-26)30-19-23-32(24-20-30)31-21-17-29(18-22-31)27-13-9-25(7-4-2)10-14-27/h11-12,15-16,19-20,23-25,27,29,31H,4,6-10,13-14,17-18,21-22H2,1-2H3. The lowest BCUT2D eigenvalue weighted by atomic mass is 9.68. The van der Waals surface area contributed by atoms with Gasteiger partial charge in [-0.05, 0) is 97.8 Å². The van der Waals surface area contributed by atoms with Crippen molar-refractivity contribution in [1.82, 2.24) is 0 Å². The molecule has 0 heteroatoms. The van der Waals surface area contributed by atoms with Crippen LogP contribution in [0.3, 0.4) is 0 Å². The predicted molar refractivity (Wildman–Crippen MR) is 139 cm³/mol. The van der Waals surface area contributed by atoms with Crippen LogP contribution in [-0.4, -0.2) is 0 Å². The highest BCUT2D eigenvalue weighted by Gasteiger charge is 2.31. The topological polar surface area (TPSA) is 0 Å². The van der Waals surface area contributed by atoms with Crippen LogP contribution in [-0.2, 0) is 6.42 Å². The molecule has 0 heterocycles. The predicted octanol–water partition coefficient (Wildman–Crippen LogP) is 9.19. The minimum atomic E-state index is 0.777. The lowest BCUT2D eigenvalue weighted by Crippen LogP contribution is -2.25. The number of benzene rings is 2. The lowest BCUT2D eigenvalue weighted by Gasteiger charge is -2.38. The van der Waals surface area contributed by atoms with Crippen LogP contribution in [0.25, 0.3) is 11.1 Å². The summed E-state index contributed by atoms with van der Waals surface area (Å²) in [6.45, 7) is 4.26. The highest BCUT2D eigenvalue weighted by molar-refractivity contribution is 5.64. The summed E-state index contributed by atoms with van der Waals surface area (Å²) in [5.74, 6) is 10.00. The highest BCUT2D eigenvalue weighted by Crippen LogP contribution is 2.44. The van der Waals surface area contributed by atoms with Crippen molar-refractivity contribution in [3.63, 3.8) is 0 Å². The molecule has 2 saturated carbocycles. The Morgan fingerprint density at radius 3 is 1.84 bits per heavy atom. The Hall–Kier alpha value is -2.00. The van der Waals surface area contributed by atoms with E-state index in [1.54, 1.807) is 5.56 Å². The van der Waals surface area contributed by atoms with Gasteiger partial charge in [-0.15, -0.1) is 11.8 Å². The van der Waals surface area contributed by atoms with Crippen molar-refractivity contribution in [3.8, 4) is 23.0 Å². The summed E-state index contributed by atoms with van der Waals surface area (Å²) < 4.78 is 0. The van der Waals surface area contributed by atoms with Gasteiger partial charge in [0.1, 0.15) is 0 Å². The molecule has 2 aromatic rings. The van der Waals surface area contributed by atoms with Gasteiger partial charge in [-0.2, -0.15) is 0 Å². The molecule has 32 heavy (non-hydrogen) atoms. The van der Waals surface area contributed by atoms with E-state index in [2.05, 4.69) is 67.3 Å². The molecule has 0 amide bonds. The largest absolute Gasteiger partial charge is 0.107 e. The normalized spacial score (nSPS) is 25.7. The number of aryl methyl sites for hydroxylation is 1. The molecule has 2 aliphatic rings. The highest BCUT2D eigenvalue weighted by atomic mass is 14.4. The smallest absolute Gasteiger partial charge is 0.0129 e. The van der Waals surface area contributed by atoms with E-state index in [9.17, 15) is 0 Å². The van der Waals surface area contributed by atoms with Crippen LogP contribution in [0.5, 0.6) is 0 Å². The third-order valence-electron chi connectivity index (χ3n) is 8.41. The summed E-state index contributed by atoms with van der Waals surface area (Å²) in [4.78, 5) is 0. The van der Waals surface area contributed by atoms with E-state index in [0.717, 1.165) is 36.5 Å². The summed E-state index contributed by atoms with van der Waals surface area (Å²) in [5, 5.41) is 0. The van der Waals surface area contributed by atoms with E-state index in [1.807, 2.05) is 6.92 Å². The maximum absolute atomic E-state index is 3.16. The van der Waals surface area contributed by atoms with Gasteiger partial charge in [0.05, 0.1) is 0 Å². The number of hydrogen-bond acceptors (Lipinski definition) is 0. The molecule has 0 aromatic heterocycles. The zero-order valence-corrected chi connectivity index (χ0v) is 20.4. The molecule has 0 saturated heterocycles. The molecule has 0 nitrogen and oxygen atoms in total. The van der Waals surface area contributed by atoms with Crippen LogP contribution in [0.2, 0.25) is 0 Å². The molecule has 4 rings (SSSR count). The van der Waals surface area contributed by atoms with Gasteiger partial charge >= 0.3 is 0 Å². The van der Waals surface area contributed by atoms with Crippen molar-refractivity contribution >= 4 is 0 Å². The molecule has 2 aliphatic carbocycles. The average molecular weight is 427 g/mol. The maximum Gasteiger partial charge on any atom is 0.0129 e. The SMILES string of the molecule is CC#CCCc1ccc(-c2ccc(C3CCC(C4CCC(CCC)CC4)CC3)cc2)cc1. The fourth-order valence-electron chi connectivity index (χ4n) is 6.42. The summed E-state index contributed by atoms with van der Waals surface area (Å²) in [6.07, 6.45) is 16.6. The van der Waals surface area contributed by atoms with Crippen LogP contribution in [0.15, 0.2) is 48.5 Å². The minimum absolute atomic E-state index is 0.777. The summed E-state index contributed by atoms with van der Waals surface area (Å²) in [5.41, 5.74) is 5.60. The van der Waals surface area contributed by atoms with Crippen LogP contribution in [0.4, 0.5) is 0 Å². The van der Waals surface area contributed by atoms with Crippen LogP contribution in [0.1, 0.15) is 102 Å². The van der Waals surface area contributed by atoms with Gasteiger partial charge in [-0.3, -0.25) is 0 Å². The first-order valence-corrected chi connectivity index (χ1v) is 13.4. The van der Waals surface area contributed by atoms with Crippen molar-refractivity contribution in [1.29, 1.82) is 0 Å². The Morgan fingerprint density at radius 1 is 0.719 bits per heavy atom. The summed E-state index contributed by atoms with van der Waals surface area (Å²) >= 11 is 0. The third kappa shape index (κ3) is 6.07. The second kappa shape index (κ2) is 11.7. The van der Waals surface area contributed by atoms with Crippen molar-refractivity contribution in [3.05, 3.63) is 59.7 Å².